The van der Waals surface area contributed by atoms with Gasteiger partial charge in [0, 0.05) is 0 Å². The molecule has 0 aliphatic heterocycles. The maximum absolute atomic E-state index is 11.3. The fourth-order valence-corrected chi connectivity index (χ4v) is 0.830. The van der Waals surface area contributed by atoms with Crippen LogP contribution in [0.25, 0.3) is 0 Å². The third-order valence-electron chi connectivity index (χ3n) is 2.21. The zero-order valence-corrected chi connectivity index (χ0v) is 10.9. The van der Waals surface area contributed by atoms with Gasteiger partial charge in [-0.15, -0.1) is 0 Å². The molecule has 4 heteroatoms. The molecular weight excluding hydrogens is 208 g/mol. The molecule has 0 bridgehead atoms. The fourth-order valence-electron chi connectivity index (χ4n) is 0.830. The Kier molecular flexibility index (Phi) is 6.08. The van der Waals surface area contributed by atoms with Gasteiger partial charge in [0.15, 0.2) is 0 Å². The summed E-state index contributed by atoms with van der Waals surface area (Å²) < 4.78 is 10.3. The van der Waals surface area contributed by atoms with E-state index in [1.165, 1.54) is 0 Å². The number of carbonyl (C=O) groups is 2. The molecule has 0 aromatic heterocycles. The zero-order valence-electron chi connectivity index (χ0n) is 10.9. The van der Waals surface area contributed by atoms with Gasteiger partial charge in [0.2, 0.25) is 0 Å². The maximum Gasteiger partial charge on any atom is 0.308 e. The summed E-state index contributed by atoms with van der Waals surface area (Å²) in [6.07, 6.45) is -0.838. The SMILES string of the molecule is CC(C)C(=O)O[C@@H](C)[C@@H](C)OC(=O)C(C)C. The van der Waals surface area contributed by atoms with Gasteiger partial charge in [-0.05, 0) is 13.8 Å². The summed E-state index contributed by atoms with van der Waals surface area (Å²) in [6, 6.07) is 0. The summed E-state index contributed by atoms with van der Waals surface area (Å²) in [6.45, 7) is 10.5. The Balaban J connectivity index is 4.14. The minimum Gasteiger partial charge on any atom is -0.459 e. The van der Waals surface area contributed by atoms with Crippen molar-refractivity contribution < 1.29 is 19.1 Å². The Hall–Kier alpha value is -1.06. The number of hydrogen-bond donors (Lipinski definition) is 0. The van der Waals surface area contributed by atoms with Crippen LogP contribution in [0.4, 0.5) is 0 Å². The van der Waals surface area contributed by atoms with Crippen LogP contribution in [0.2, 0.25) is 0 Å². The second-order valence-electron chi connectivity index (χ2n) is 4.59. The van der Waals surface area contributed by atoms with Crippen LogP contribution in [0.3, 0.4) is 0 Å². The van der Waals surface area contributed by atoms with E-state index in [-0.39, 0.29) is 23.8 Å². The smallest absolute Gasteiger partial charge is 0.308 e. The molecule has 0 spiro atoms. The largest absolute Gasteiger partial charge is 0.459 e. The van der Waals surface area contributed by atoms with Crippen molar-refractivity contribution in [3.63, 3.8) is 0 Å². The molecule has 0 aliphatic rings. The van der Waals surface area contributed by atoms with Gasteiger partial charge in [-0.2, -0.15) is 0 Å². The summed E-state index contributed by atoms with van der Waals surface area (Å²) in [7, 11) is 0. The number of ether oxygens (including phenoxy) is 2. The first-order valence-corrected chi connectivity index (χ1v) is 5.66. The van der Waals surface area contributed by atoms with E-state index in [0.29, 0.717) is 0 Å². The second-order valence-corrected chi connectivity index (χ2v) is 4.59. The highest BCUT2D eigenvalue weighted by atomic mass is 16.6. The van der Waals surface area contributed by atoms with E-state index in [0.717, 1.165) is 0 Å². The van der Waals surface area contributed by atoms with Crippen molar-refractivity contribution in [1.29, 1.82) is 0 Å². The third-order valence-corrected chi connectivity index (χ3v) is 2.21. The average molecular weight is 230 g/mol. The molecule has 0 aromatic carbocycles. The highest BCUT2D eigenvalue weighted by molar-refractivity contribution is 5.72. The lowest BCUT2D eigenvalue weighted by Crippen LogP contribution is -2.33. The molecule has 0 fully saturated rings. The topological polar surface area (TPSA) is 52.6 Å². The lowest BCUT2D eigenvalue weighted by Gasteiger charge is -2.22. The minimum absolute atomic E-state index is 0.171. The summed E-state index contributed by atoms with van der Waals surface area (Å²) >= 11 is 0. The third kappa shape index (κ3) is 5.14. The molecule has 0 aromatic rings. The van der Waals surface area contributed by atoms with Crippen molar-refractivity contribution in [1.82, 2.24) is 0 Å². The zero-order chi connectivity index (χ0) is 12.9. The summed E-state index contributed by atoms with van der Waals surface area (Å²) in [5.41, 5.74) is 0. The van der Waals surface area contributed by atoms with Crippen molar-refractivity contribution in [2.45, 2.75) is 53.8 Å². The fraction of sp³-hybridized carbons (Fsp3) is 0.833. The summed E-state index contributed by atoms with van der Waals surface area (Å²) in [4.78, 5) is 22.6. The molecule has 0 unspecified atom stereocenters. The van der Waals surface area contributed by atoms with E-state index in [9.17, 15) is 9.59 Å². The molecular formula is C12H22O4. The highest BCUT2D eigenvalue weighted by Gasteiger charge is 2.22. The van der Waals surface area contributed by atoms with Gasteiger partial charge in [-0.25, -0.2) is 0 Å². The highest BCUT2D eigenvalue weighted by Crippen LogP contribution is 2.09. The number of hydrogen-bond acceptors (Lipinski definition) is 4. The van der Waals surface area contributed by atoms with Gasteiger partial charge >= 0.3 is 11.9 Å². The summed E-state index contributed by atoms with van der Waals surface area (Å²) in [5, 5.41) is 0. The first kappa shape index (κ1) is 14.9. The van der Waals surface area contributed by atoms with Crippen LogP contribution in [0.1, 0.15) is 41.5 Å². The van der Waals surface area contributed by atoms with Crippen molar-refractivity contribution >= 4 is 11.9 Å². The molecule has 0 rings (SSSR count). The predicted octanol–water partition coefficient (Wildman–Crippen LogP) is 2.16. The molecule has 0 heterocycles. The molecule has 0 amide bonds. The lowest BCUT2D eigenvalue weighted by molar-refractivity contribution is -0.169. The normalized spacial score (nSPS) is 14.8. The molecule has 94 valence electrons. The quantitative estimate of drug-likeness (QED) is 0.679. The van der Waals surface area contributed by atoms with Gasteiger partial charge in [0.1, 0.15) is 12.2 Å². The van der Waals surface area contributed by atoms with Crippen LogP contribution in [0.15, 0.2) is 0 Å². The molecule has 0 N–H and O–H groups in total. The lowest BCUT2D eigenvalue weighted by atomic mass is 10.2. The average Bonchev–Trinajstić information content (AvgIpc) is 2.16. The van der Waals surface area contributed by atoms with E-state index in [4.69, 9.17) is 9.47 Å². The number of rotatable bonds is 5. The van der Waals surface area contributed by atoms with E-state index in [2.05, 4.69) is 0 Å². The van der Waals surface area contributed by atoms with Gasteiger partial charge in [0.25, 0.3) is 0 Å². The molecule has 0 radical (unpaired) electrons. The maximum atomic E-state index is 11.3. The Morgan fingerprint density at radius 2 is 0.938 bits per heavy atom. The van der Waals surface area contributed by atoms with E-state index < -0.39 is 12.2 Å². The standard InChI is InChI=1S/C12H22O4/c1-7(2)11(13)15-9(5)10(6)16-12(14)8(3)4/h7-10H,1-6H3/t9-,10+. The van der Waals surface area contributed by atoms with Gasteiger partial charge < -0.3 is 9.47 Å². The van der Waals surface area contributed by atoms with E-state index in [1.807, 2.05) is 0 Å². The van der Waals surface area contributed by atoms with Gasteiger partial charge in [-0.3, -0.25) is 9.59 Å². The van der Waals surface area contributed by atoms with Crippen molar-refractivity contribution in [2.24, 2.45) is 11.8 Å². The van der Waals surface area contributed by atoms with Crippen molar-refractivity contribution in [3.8, 4) is 0 Å². The van der Waals surface area contributed by atoms with Crippen molar-refractivity contribution in [2.75, 3.05) is 0 Å². The van der Waals surface area contributed by atoms with Gasteiger partial charge in [-0.1, -0.05) is 27.7 Å². The second kappa shape index (κ2) is 6.51. The van der Waals surface area contributed by atoms with Crippen LogP contribution in [0, 0.1) is 11.8 Å². The van der Waals surface area contributed by atoms with Crippen LogP contribution in [-0.2, 0) is 19.1 Å². The molecule has 0 saturated carbocycles. The van der Waals surface area contributed by atoms with Crippen molar-refractivity contribution in [3.05, 3.63) is 0 Å². The Morgan fingerprint density at radius 1 is 0.688 bits per heavy atom. The predicted molar refractivity (Wildman–Crippen MR) is 60.8 cm³/mol. The first-order valence-electron chi connectivity index (χ1n) is 5.66. The molecule has 16 heavy (non-hydrogen) atoms. The molecule has 4 nitrogen and oxygen atoms in total. The molecule has 0 saturated heterocycles. The first-order chi connectivity index (χ1) is 7.25. The molecule has 0 aliphatic carbocycles. The Labute approximate surface area is 97.3 Å². The van der Waals surface area contributed by atoms with Crippen LogP contribution in [-0.4, -0.2) is 24.1 Å². The van der Waals surface area contributed by atoms with E-state index in [1.54, 1.807) is 41.5 Å². The van der Waals surface area contributed by atoms with Crippen LogP contribution < -0.4 is 0 Å². The van der Waals surface area contributed by atoms with Crippen LogP contribution >= 0.6 is 0 Å². The van der Waals surface area contributed by atoms with E-state index >= 15 is 0 Å². The summed E-state index contributed by atoms with van der Waals surface area (Å²) in [5.74, 6) is -0.897. The van der Waals surface area contributed by atoms with Crippen LogP contribution in [0.5, 0.6) is 0 Å². The number of carbonyl (C=O) groups excluding carboxylic acids is 2. The Morgan fingerprint density at radius 3 is 1.12 bits per heavy atom. The monoisotopic (exact) mass is 230 g/mol. The number of esters is 2. The molecule has 2 atom stereocenters. The Bertz CT molecular complexity index is 219. The minimum atomic E-state index is -0.419. The van der Waals surface area contributed by atoms with Gasteiger partial charge in [0.05, 0.1) is 11.8 Å².